The van der Waals surface area contributed by atoms with Gasteiger partial charge < -0.3 is 14.6 Å². The van der Waals surface area contributed by atoms with Crippen LogP contribution in [0.4, 0.5) is 0 Å². The van der Waals surface area contributed by atoms with Gasteiger partial charge in [-0.3, -0.25) is 0 Å². The van der Waals surface area contributed by atoms with Crippen molar-refractivity contribution in [3.05, 3.63) is 52.6 Å². The zero-order valence-electron chi connectivity index (χ0n) is 14.1. The third-order valence-corrected chi connectivity index (χ3v) is 4.58. The van der Waals surface area contributed by atoms with E-state index in [0.717, 1.165) is 29.9 Å². The predicted octanol–water partition coefficient (Wildman–Crippen LogP) is 3.94. The number of aryl methyl sites for hydroxylation is 2. The standard InChI is InChI=1S/C20H24O3/c1-13-9-18(23-17-7-8-22-12-17)10-14(2)20(13)19-6-4-5-16(11-21)15(19)3/h4-6,9-10,17,21H,7-8,11-12H2,1-3H3. The maximum Gasteiger partial charge on any atom is 0.124 e. The lowest BCUT2D eigenvalue weighted by molar-refractivity contribution is 0.141. The third kappa shape index (κ3) is 3.26. The van der Waals surface area contributed by atoms with Crippen molar-refractivity contribution in [3.63, 3.8) is 0 Å². The zero-order valence-corrected chi connectivity index (χ0v) is 14.1. The summed E-state index contributed by atoms with van der Waals surface area (Å²) in [4.78, 5) is 0. The van der Waals surface area contributed by atoms with Crippen molar-refractivity contribution in [3.8, 4) is 16.9 Å². The molecule has 1 atom stereocenters. The molecule has 0 saturated carbocycles. The Morgan fingerprint density at radius 1 is 1.17 bits per heavy atom. The van der Waals surface area contributed by atoms with Gasteiger partial charge in [0.1, 0.15) is 11.9 Å². The molecule has 1 heterocycles. The van der Waals surface area contributed by atoms with Gasteiger partial charge in [-0.05, 0) is 66.3 Å². The molecule has 1 aliphatic rings. The fourth-order valence-corrected chi connectivity index (χ4v) is 3.34. The van der Waals surface area contributed by atoms with Crippen molar-refractivity contribution in [1.82, 2.24) is 0 Å². The second-order valence-electron chi connectivity index (χ2n) is 6.28. The number of ether oxygens (including phenoxy) is 2. The smallest absolute Gasteiger partial charge is 0.124 e. The minimum absolute atomic E-state index is 0.0701. The van der Waals surface area contributed by atoms with E-state index in [1.807, 2.05) is 12.1 Å². The van der Waals surface area contributed by atoms with Gasteiger partial charge in [-0.2, -0.15) is 0 Å². The molecule has 0 bridgehead atoms. The largest absolute Gasteiger partial charge is 0.488 e. The van der Waals surface area contributed by atoms with Gasteiger partial charge in [0, 0.05) is 6.42 Å². The summed E-state index contributed by atoms with van der Waals surface area (Å²) in [5, 5.41) is 9.50. The summed E-state index contributed by atoms with van der Waals surface area (Å²) < 4.78 is 11.4. The summed E-state index contributed by atoms with van der Waals surface area (Å²) in [5.41, 5.74) is 6.91. The van der Waals surface area contributed by atoms with E-state index in [1.54, 1.807) is 0 Å². The average molecular weight is 312 g/mol. The summed E-state index contributed by atoms with van der Waals surface area (Å²) in [7, 11) is 0. The van der Waals surface area contributed by atoms with Crippen LogP contribution in [0.25, 0.3) is 11.1 Å². The average Bonchev–Trinajstić information content (AvgIpc) is 3.01. The number of hydrogen-bond donors (Lipinski definition) is 1. The van der Waals surface area contributed by atoms with E-state index in [-0.39, 0.29) is 12.7 Å². The first-order valence-electron chi connectivity index (χ1n) is 8.15. The summed E-state index contributed by atoms with van der Waals surface area (Å²) in [5.74, 6) is 0.912. The van der Waals surface area contributed by atoms with Crippen molar-refractivity contribution in [1.29, 1.82) is 0 Å². The SMILES string of the molecule is Cc1cc(OC2CCOC2)cc(C)c1-c1cccc(CO)c1C. The highest BCUT2D eigenvalue weighted by molar-refractivity contribution is 5.75. The number of aliphatic hydroxyl groups excluding tert-OH is 1. The van der Waals surface area contributed by atoms with Crippen LogP contribution in [0.1, 0.15) is 28.7 Å². The number of aliphatic hydroxyl groups is 1. The van der Waals surface area contributed by atoms with Crippen molar-refractivity contribution in [2.45, 2.75) is 39.9 Å². The van der Waals surface area contributed by atoms with Gasteiger partial charge in [-0.25, -0.2) is 0 Å². The van der Waals surface area contributed by atoms with Crippen molar-refractivity contribution >= 4 is 0 Å². The van der Waals surface area contributed by atoms with Gasteiger partial charge in [0.2, 0.25) is 0 Å². The molecule has 0 aromatic heterocycles. The van der Waals surface area contributed by atoms with Crippen LogP contribution >= 0.6 is 0 Å². The minimum Gasteiger partial charge on any atom is -0.488 e. The summed E-state index contributed by atoms with van der Waals surface area (Å²) in [6, 6.07) is 10.3. The Balaban J connectivity index is 1.97. The van der Waals surface area contributed by atoms with Crippen LogP contribution in [0.5, 0.6) is 5.75 Å². The third-order valence-electron chi connectivity index (χ3n) is 4.58. The highest BCUT2D eigenvalue weighted by atomic mass is 16.5. The van der Waals surface area contributed by atoms with Crippen LogP contribution < -0.4 is 4.74 Å². The molecule has 122 valence electrons. The Kier molecular flexibility index (Phi) is 4.69. The van der Waals surface area contributed by atoms with Crippen LogP contribution in [-0.2, 0) is 11.3 Å². The van der Waals surface area contributed by atoms with Crippen LogP contribution in [0.2, 0.25) is 0 Å². The van der Waals surface area contributed by atoms with Gasteiger partial charge in [0.15, 0.2) is 0 Å². The van der Waals surface area contributed by atoms with Gasteiger partial charge in [-0.1, -0.05) is 18.2 Å². The van der Waals surface area contributed by atoms with Crippen molar-refractivity contribution in [2.24, 2.45) is 0 Å². The van der Waals surface area contributed by atoms with Crippen LogP contribution in [0.3, 0.4) is 0 Å². The molecule has 2 aromatic carbocycles. The molecule has 1 fully saturated rings. The first kappa shape index (κ1) is 16.0. The lowest BCUT2D eigenvalue weighted by Crippen LogP contribution is -2.15. The first-order chi connectivity index (χ1) is 11.1. The zero-order chi connectivity index (χ0) is 16.4. The summed E-state index contributed by atoms with van der Waals surface area (Å²) in [6.07, 6.45) is 1.12. The van der Waals surface area contributed by atoms with E-state index < -0.39 is 0 Å². The molecule has 0 aliphatic carbocycles. The predicted molar refractivity (Wildman–Crippen MR) is 91.9 cm³/mol. The highest BCUT2D eigenvalue weighted by Gasteiger charge is 2.18. The van der Waals surface area contributed by atoms with Crippen molar-refractivity contribution < 1.29 is 14.6 Å². The molecule has 1 N–H and O–H groups in total. The second kappa shape index (κ2) is 6.73. The molecular weight excluding hydrogens is 288 g/mol. The number of hydrogen-bond acceptors (Lipinski definition) is 3. The monoisotopic (exact) mass is 312 g/mol. The molecule has 2 aromatic rings. The Hall–Kier alpha value is -1.84. The van der Waals surface area contributed by atoms with E-state index in [2.05, 4.69) is 39.0 Å². The lowest BCUT2D eigenvalue weighted by Gasteiger charge is -2.18. The lowest BCUT2D eigenvalue weighted by atomic mass is 9.90. The van der Waals surface area contributed by atoms with Gasteiger partial charge in [0.05, 0.1) is 19.8 Å². The highest BCUT2D eigenvalue weighted by Crippen LogP contribution is 2.34. The second-order valence-corrected chi connectivity index (χ2v) is 6.28. The van der Waals surface area contributed by atoms with Gasteiger partial charge >= 0.3 is 0 Å². The van der Waals surface area contributed by atoms with E-state index in [4.69, 9.17) is 9.47 Å². The van der Waals surface area contributed by atoms with Crippen LogP contribution in [0.15, 0.2) is 30.3 Å². The molecule has 0 spiro atoms. The molecule has 3 rings (SSSR count). The Bertz CT molecular complexity index is 677. The fraction of sp³-hybridized carbons (Fsp3) is 0.400. The van der Waals surface area contributed by atoms with E-state index in [9.17, 15) is 5.11 Å². The first-order valence-corrected chi connectivity index (χ1v) is 8.15. The Morgan fingerprint density at radius 3 is 2.52 bits per heavy atom. The number of rotatable bonds is 4. The quantitative estimate of drug-likeness (QED) is 0.929. The molecule has 0 radical (unpaired) electrons. The van der Waals surface area contributed by atoms with Crippen LogP contribution in [-0.4, -0.2) is 24.4 Å². The normalized spacial score (nSPS) is 17.5. The summed E-state index contributed by atoms with van der Waals surface area (Å²) >= 11 is 0. The van der Waals surface area contributed by atoms with E-state index in [0.29, 0.717) is 6.61 Å². The minimum atomic E-state index is 0.0701. The fourth-order valence-electron chi connectivity index (χ4n) is 3.34. The maximum atomic E-state index is 9.50. The van der Waals surface area contributed by atoms with Gasteiger partial charge in [-0.15, -0.1) is 0 Å². The molecular formula is C20H24O3. The van der Waals surface area contributed by atoms with Crippen molar-refractivity contribution in [2.75, 3.05) is 13.2 Å². The van der Waals surface area contributed by atoms with E-state index in [1.165, 1.54) is 22.3 Å². The van der Waals surface area contributed by atoms with E-state index >= 15 is 0 Å². The Morgan fingerprint density at radius 2 is 1.91 bits per heavy atom. The molecule has 1 aliphatic heterocycles. The topological polar surface area (TPSA) is 38.7 Å². The number of benzene rings is 2. The molecule has 0 amide bonds. The molecule has 3 nitrogen and oxygen atoms in total. The molecule has 1 unspecified atom stereocenters. The molecule has 23 heavy (non-hydrogen) atoms. The molecule has 3 heteroatoms. The summed E-state index contributed by atoms with van der Waals surface area (Å²) in [6.45, 7) is 7.84. The maximum absolute atomic E-state index is 9.50. The molecule has 1 saturated heterocycles. The van der Waals surface area contributed by atoms with Gasteiger partial charge in [0.25, 0.3) is 0 Å². The van der Waals surface area contributed by atoms with Crippen LogP contribution in [0, 0.1) is 20.8 Å². The Labute approximate surface area is 137 Å².